The van der Waals surface area contributed by atoms with Gasteiger partial charge in [-0.2, -0.15) is 0 Å². The second-order valence-electron chi connectivity index (χ2n) is 7.10. The second kappa shape index (κ2) is 6.30. The van der Waals surface area contributed by atoms with E-state index in [1.165, 1.54) is 6.07 Å². The van der Waals surface area contributed by atoms with Gasteiger partial charge < -0.3 is 10.5 Å². The predicted molar refractivity (Wildman–Crippen MR) is 80.1 cm³/mol. The molecule has 0 radical (unpaired) electrons. The number of rotatable bonds is 3. The van der Waals surface area contributed by atoms with Crippen LogP contribution in [0.3, 0.4) is 0 Å². The molecule has 3 unspecified atom stereocenters. The van der Waals surface area contributed by atoms with Crippen molar-refractivity contribution in [1.82, 2.24) is 0 Å². The van der Waals surface area contributed by atoms with Gasteiger partial charge in [0.1, 0.15) is 11.9 Å². The summed E-state index contributed by atoms with van der Waals surface area (Å²) in [4.78, 5) is 0. The molecule has 3 atom stereocenters. The van der Waals surface area contributed by atoms with Crippen molar-refractivity contribution in [3.8, 4) is 5.75 Å². The molecule has 1 saturated carbocycles. The first-order chi connectivity index (χ1) is 9.81. The largest absolute Gasteiger partial charge is 0.490 e. The van der Waals surface area contributed by atoms with Crippen LogP contribution in [0.25, 0.3) is 0 Å². The molecule has 1 aliphatic carbocycles. The summed E-state index contributed by atoms with van der Waals surface area (Å²) in [7, 11) is 0. The molecule has 2 nitrogen and oxygen atoms in total. The third-order valence-corrected chi connectivity index (χ3v) is 4.63. The Bertz CT molecular complexity index is 484. The lowest BCUT2D eigenvalue weighted by molar-refractivity contribution is 0.0329. The fourth-order valence-corrected chi connectivity index (χ4v) is 3.12. The Morgan fingerprint density at radius 2 is 1.90 bits per heavy atom. The first-order valence-corrected chi connectivity index (χ1v) is 7.63. The summed E-state index contributed by atoms with van der Waals surface area (Å²) in [5.74, 6) is -0.520. The number of halogens is 2. The Kier molecular flexibility index (Phi) is 4.87. The third-order valence-electron chi connectivity index (χ3n) is 4.63. The van der Waals surface area contributed by atoms with E-state index in [1.807, 2.05) is 0 Å². The van der Waals surface area contributed by atoms with Gasteiger partial charge in [0.15, 0.2) is 11.6 Å². The van der Waals surface area contributed by atoms with E-state index in [2.05, 4.69) is 20.8 Å². The fraction of sp³-hybridized carbons (Fsp3) is 0.647. The molecule has 0 amide bonds. The van der Waals surface area contributed by atoms with Crippen molar-refractivity contribution in [2.24, 2.45) is 23.0 Å². The highest BCUT2D eigenvalue weighted by atomic mass is 19.2. The molecular weight excluding hydrogens is 272 g/mol. The highest BCUT2D eigenvalue weighted by molar-refractivity contribution is 5.24. The third kappa shape index (κ3) is 3.94. The zero-order chi connectivity index (χ0) is 15.6. The lowest BCUT2D eigenvalue weighted by Crippen LogP contribution is -2.41. The Hall–Kier alpha value is -1.16. The lowest BCUT2D eigenvalue weighted by Gasteiger charge is -2.41. The minimum atomic E-state index is -0.875. The molecule has 1 aromatic rings. The molecule has 2 N–H and O–H groups in total. The van der Waals surface area contributed by atoms with Crippen molar-refractivity contribution < 1.29 is 13.5 Å². The van der Waals surface area contributed by atoms with Crippen molar-refractivity contribution in [3.05, 3.63) is 29.8 Å². The van der Waals surface area contributed by atoms with Crippen LogP contribution in [-0.2, 0) is 0 Å². The minimum absolute atomic E-state index is 0.0298. The number of ether oxygens (including phenoxy) is 1. The van der Waals surface area contributed by atoms with E-state index in [1.54, 1.807) is 0 Å². The molecule has 0 bridgehead atoms. The topological polar surface area (TPSA) is 35.2 Å². The summed E-state index contributed by atoms with van der Waals surface area (Å²) < 4.78 is 32.2. The molecule has 0 aromatic heterocycles. The highest BCUT2D eigenvalue weighted by Gasteiger charge is 2.36. The molecule has 4 heteroatoms. The zero-order valence-electron chi connectivity index (χ0n) is 13.0. The Labute approximate surface area is 125 Å². The van der Waals surface area contributed by atoms with Gasteiger partial charge in [-0.15, -0.1) is 0 Å². The number of hydrogen-bond donors (Lipinski definition) is 1. The SMILES string of the molecule is CC(C)(C)C1CCC(CN)C(Oc2ccc(F)c(F)c2)C1. The van der Waals surface area contributed by atoms with Crippen LogP contribution in [0.4, 0.5) is 8.78 Å². The van der Waals surface area contributed by atoms with Crippen LogP contribution in [-0.4, -0.2) is 12.6 Å². The summed E-state index contributed by atoms with van der Waals surface area (Å²) in [6.07, 6.45) is 3.04. The average molecular weight is 297 g/mol. The molecule has 1 fully saturated rings. The first kappa shape index (κ1) is 16.2. The molecular formula is C17H25F2NO. The van der Waals surface area contributed by atoms with Crippen LogP contribution < -0.4 is 10.5 Å². The smallest absolute Gasteiger partial charge is 0.162 e. The molecule has 0 heterocycles. The average Bonchev–Trinajstić information content (AvgIpc) is 2.42. The van der Waals surface area contributed by atoms with Crippen LogP contribution in [0.1, 0.15) is 40.0 Å². The van der Waals surface area contributed by atoms with E-state index in [9.17, 15) is 8.78 Å². The summed E-state index contributed by atoms with van der Waals surface area (Å²) in [5, 5.41) is 0. The normalized spacial score (nSPS) is 26.7. The molecule has 21 heavy (non-hydrogen) atoms. The van der Waals surface area contributed by atoms with Gasteiger partial charge in [0.25, 0.3) is 0 Å². The highest BCUT2D eigenvalue weighted by Crippen LogP contribution is 2.41. The van der Waals surface area contributed by atoms with Gasteiger partial charge in [-0.1, -0.05) is 20.8 Å². The fourth-order valence-electron chi connectivity index (χ4n) is 3.12. The quantitative estimate of drug-likeness (QED) is 0.910. The number of nitrogens with two attached hydrogens (primary N) is 1. The van der Waals surface area contributed by atoms with Gasteiger partial charge in [-0.25, -0.2) is 8.78 Å². The maximum absolute atomic E-state index is 13.3. The van der Waals surface area contributed by atoms with E-state index in [4.69, 9.17) is 10.5 Å². The molecule has 1 aromatic carbocycles. The molecule has 0 aliphatic heterocycles. The van der Waals surface area contributed by atoms with Crippen LogP contribution in [0.15, 0.2) is 18.2 Å². The van der Waals surface area contributed by atoms with Gasteiger partial charge in [0.2, 0.25) is 0 Å². The van der Waals surface area contributed by atoms with Gasteiger partial charge in [0.05, 0.1) is 0 Å². The van der Waals surface area contributed by atoms with E-state index in [0.717, 1.165) is 31.4 Å². The zero-order valence-corrected chi connectivity index (χ0v) is 13.0. The van der Waals surface area contributed by atoms with Gasteiger partial charge in [-0.05, 0) is 49.3 Å². The van der Waals surface area contributed by atoms with Crippen molar-refractivity contribution in [3.63, 3.8) is 0 Å². The van der Waals surface area contributed by atoms with Crippen LogP contribution in [0.5, 0.6) is 5.75 Å². The van der Waals surface area contributed by atoms with Crippen LogP contribution >= 0.6 is 0 Å². The van der Waals surface area contributed by atoms with E-state index in [-0.39, 0.29) is 17.4 Å². The standard InChI is InChI=1S/C17H25F2NO/c1-17(2,3)12-5-4-11(10-20)16(8-12)21-13-6-7-14(18)15(19)9-13/h6-7,9,11-12,16H,4-5,8,10,20H2,1-3H3. The van der Waals surface area contributed by atoms with Gasteiger partial charge in [-0.3, -0.25) is 0 Å². The van der Waals surface area contributed by atoms with Crippen molar-refractivity contribution in [2.75, 3.05) is 6.54 Å². The summed E-state index contributed by atoms with van der Waals surface area (Å²) in [6.45, 7) is 7.25. The summed E-state index contributed by atoms with van der Waals surface area (Å²) in [6, 6.07) is 3.70. The molecule has 0 spiro atoms. The summed E-state index contributed by atoms with van der Waals surface area (Å²) in [5.41, 5.74) is 6.06. The molecule has 118 valence electrons. The molecule has 1 aliphatic rings. The number of benzene rings is 1. The van der Waals surface area contributed by atoms with Crippen LogP contribution in [0, 0.1) is 28.9 Å². The van der Waals surface area contributed by atoms with E-state index in [0.29, 0.717) is 18.2 Å². The van der Waals surface area contributed by atoms with Gasteiger partial charge in [0, 0.05) is 12.0 Å². The molecule has 0 saturated heterocycles. The van der Waals surface area contributed by atoms with Crippen molar-refractivity contribution in [1.29, 1.82) is 0 Å². The Balaban J connectivity index is 2.12. The van der Waals surface area contributed by atoms with E-state index < -0.39 is 11.6 Å². The monoisotopic (exact) mass is 297 g/mol. The minimum Gasteiger partial charge on any atom is -0.490 e. The van der Waals surface area contributed by atoms with Gasteiger partial charge >= 0.3 is 0 Å². The molecule has 2 rings (SSSR count). The second-order valence-corrected chi connectivity index (χ2v) is 7.10. The van der Waals surface area contributed by atoms with E-state index >= 15 is 0 Å². The summed E-state index contributed by atoms with van der Waals surface area (Å²) >= 11 is 0. The first-order valence-electron chi connectivity index (χ1n) is 7.63. The Morgan fingerprint density at radius 1 is 1.19 bits per heavy atom. The van der Waals surface area contributed by atoms with Crippen molar-refractivity contribution in [2.45, 2.75) is 46.1 Å². The maximum Gasteiger partial charge on any atom is 0.162 e. The number of hydrogen-bond acceptors (Lipinski definition) is 2. The predicted octanol–water partition coefficient (Wildman–Crippen LogP) is 4.13. The Morgan fingerprint density at radius 3 is 2.48 bits per heavy atom. The maximum atomic E-state index is 13.3. The van der Waals surface area contributed by atoms with Crippen LogP contribution in [0.2, 0.25) is 0 Å². The lowest BCUT2D eigenvalue weighted by atomic mass is 9.68. The van der Waals surface area contributed by atoms with Crippen molar-refractivity contribution >= 4 is 0 Å².